The maximum Gasteiger partial charge on any atom is 0.332 e. The van der Waals surface area contributed by atoms with Crippen molar-refractivity contribution in [3.05, 3.63) is 26.1 Å². The van der Waals surface area contributed by atoms with Crippen LogP contribution in [0.25, 0.3) is 11.2 Å². The third-order valence-corrected chi connectivity index (χ3v) is 8.24. The quantitative estimate of drug-likeness (QED) is 0.599. The molecule has 0 bridgehead atoms. The Morgan fingerprint density at radius 2 is 1.80 bits per heavy atom. The minimum atomic E-state index is -3.16. The van der Waals surface area contributed by atoms with Gasteiger partial charge in [-0.2, -0.15) is 4.98 Å². The third kappa shape index (κ3) is 3.47. The number of rotatable bonds is 4. The molecule has 10 nitrogen and oxygen atoms in total. The van der Waals surface area contributed by atoms with Gasteiger partial charge < -0.3 is 4.90 Å². The van der Waals surface area contributed by atoms with E-state index in [9.17, 15) is 22.8 Å². The molecule has 1 aliphatic carbocycles. The first kappa shape index (κ1) is 21.1. The highest BCUT2D eigenvalue weighted by molar-refractivity contribution is 7.91. The molecule has 1 aliphatic heterocycles. The first-order chi connectivity index (χ1) is 14.1. The molecule has 1 saturated carbocycles. The van der Waals surface area contributed by atoms with Gasteiger partial charge in [-0.3, -0.25) is 23.3 Å². The number of sulfone groups is 1. The van der Waals surface area contributed by atoms with Crippen LogP contribution in [0.4, 0.5) is 0 Å². The van der Waals surface area contributed by atoms with Gasteiger partial charge in [-0.25, -0.2) is 13.2 Å². The lowest BCUT2D eigenvalue weighted by atomic mass is 10.1. The molecule has 1 saturated heterocycles. The fourth-order valence-corrected chi connectivity index (χ4v) is 6.60. The van der Waals surface area contributed by atoms with E-state index < -0.39 is 21.1 Å². The number of hydrogen-bond acceptors (Lipinski definition) is 6. The van der Waals surface area contributed by atoms with Crippen molar-refractivity contribution in [1.29, 1.82) is 0 Å². The molecule has 0 aromatic carbocycles. The van der Waals surface area contributed by atoms with Crippen LogP contribution in [-0.4, -0.2) is 61.5 Å². The van der Waals surface area contributed by atoms with E-state index in [1.54, 1.807) is 4.90 Å². The fraction of sp³-hybridized carbons (Fsp3) is 0.667. The van der Waals surface area contributed by atoms with E-state index in [4.69, 9.17) is 11.6 Å². The fourth-order valence-electron chi connectivity index (χ4n) is 4.66. The van der Waals surface area contributed by atoms with E-state index in [0.29, 0.717) is 6.42 Å². The molecule has 1 atom stereocenters. The maximum atomic E-state index is 13.4. The SMILES string of the molecule is Cn1c(=O)c2c(nc(Cl)n2CC(=O)N(C2CCCC2)[C@@H]2CCS(=O)(=O)C2)n(C)c1=O. The molecule has 2 aliphatic rings. The highest BCUT2D eigenvalue weighted by atomic mass is 35.5. The molecule has 0 spiro atoms. The number of fused-ring (bicyclic) bond motifs is 1. The number of amides is 1. The van der Waals surface area contributed by atoms with Gasteiger partial charge in [0.15, 0.2) is 21.0 Å². The predicted molar refractivity (Wildman–Crippen MR) is 111 cm³/mol. The van der Waals surface area contributed by atoms with Crippen molar-refractivity contribution >= 4 is 38.5 Å². The van der Waals surface area contributed by atoms with Crippen LogP contribution in [0, 0.1) is 0 Å². The molecule has 0 radical (unpaired) electrons. The van der Waals surface area contributed by atoms with Gasteiger partial charge in [0.05, 0.1) is 11.5 Å². The van der Waals surface area contributed by atoms with Crippen LogP contribution < -0.4 is 11.2 Å². The molecule has 2 aromatic heterocycles. The summed E-state index contributed by atoms with van der Waals surface area (Å²) in [6, 6.07) is -0.386. The molecule has 1 amide bonds. The topological polar surface area (TPSA) is 116 Å². The van der Waals surface area contributed by atoms with E-state index >= 15 is 0 Å². The average molecular weight is 458 g/mol. The second-order valence-electron chi connectivity index (χ2n) is 8.14. The molecular formula is C18H24ClN5O5S. The number of carbonyl (C=O) groups excluding carboxylic acids is 1. The standard InChI is InChI=1S/C18H24ClN5O5S/c1-21-15-14(16(26)22(2)18(21)27)23(17(19)20-15)9-13(25)24(11-5-3-4-6-11)12-7-8-30(28,29)10-12/h11-12H,3-10H2,1-2H3/t12-/m1/s1. The Balaban J connectivity index is 1.74. The monoisotopic (exact) mass is 457 g/mol. The van der Waals surface area contributed by atoms with E-state index in [1.165, 1.54) is 23.2 Å². The second kappa shape index (κ2) is 7.52. The van der Waals surface area contributed by atoms with Crippen molar-refractivity contribution in [2.75, 3.05) is 11.5 Å². The van der Waals surface area contributed by atoms with Crippen molar-refractivity contribution in [2.24, 2.45) is 14.1 Å². The summed E-state index contributed by atoms with van der Waals surface area (Å²) in [4.78, 5) is 44.1. The van der Waals surface area contributed by atoms with Crippen LogP contribution in [-0.2, 0) is 35.3 Å². The molecular weight excluding hydrogens is 434 g/mol. The molecule has 3 heterocycles. The van der Waals surface area contributed by atoms with E-state index in [1.807, 2.05) is 0 Å². The van der Waals surface area contributed by atoms with Gasteiger partial charge in [0.25, 0.3) is 5.56 Å². The number of nitrogens with zero attached hydrogens (tertiary/aromatic N) is 5. The summed E-state index contributed by atoms with van der Waals surface area (Å²) < 4.78 is 27.5. The highest BCUT2D eigenvalue weighted by Crippen LogP contribution is 2.30. The maximum absolute atomic E-state index is 13.4. The Kier molecular flexibility index (Phi) is 5.29. The highest BCUT2D eigenvalue weighted by Gasteiger charge is 2.39. The first-order valence-corrected chi connectivity index (χ1v) is 12.1. The Morgan fingerprint density at radius 1 is 1.13 bits per heavy atom. The average Bonchev–Trinajstić information content (AvgIpc) is 3.40. The molecule has 2 aromatic rings. The number of aromatic nitrogens is 4. The van der Waals surface area contributed by atoms with Crippen molar-refractivity contribution < 1.29 is 13.2 Å². The molecule has 2 fully saturated rings. The Bertz CT molecular complexity index is 1240. The van der Waals surface area contributed by atoms with Crippen molar-refractivity contribution in [3.63, 3.8) is 0 Å². The Morgan fingerprint density at radius 3 is 2.40 bits per heavy atom. The van der Waals surface area contributed by atoms with Crippen LogP contribution in [0.3, 0.4) is 0 Å². The van der Waals surface area contributed by atoms with Gasteiger partial charge in [0.1, 0.15) is 6.54 Å². The molecule has 12 heteroatoms. The Labute approximate surface area is 178 Å². The smallest absolute Gasteiger partial charge is 0.332 e. The van der Waals surface area contributed by atoms with Crippen molar-refractivity contribution in [2.45, 2.75) is 50.7 Å². The number of imidazole rings is 1. The van der Waals surface area contributed by atoms with E-state index in [2.05, 4.69) is 4.98 Å². The number of aryl methyl sites for hydroxylation is 1. The number of hydrogen-bond donors (Lipinski definition) is 0. The zero-order valence-corrected chi connectivity index (χ0v) is 18.4. The normalized spacial score (nSPS) is 21.5. The minimum absolute atomic E-state index is 0.0171. The van der Waals surface area contributed by atoms with Gasteiger partial charge >= 0.3 is 5.69 Å². The van der Waals surface area contributed by atoms with Crippen LogP contribution in [0.2, 0.25) is 5.28 Å². The summed E-state index contributed by atoms with van der Waals surface area (Å²) in [5.41, 5.74) is -0.944. The van der Waals surface area contributed by atoms with E-state index in [0.717, 1.165) is 30.3 Å². The minimum Gasteiger partial charge on any atom is -0.334 e. The summed E-state index contributed by atoms with van der Waals surface area (Å²) in [5.74, 6) is -0.253. The van der Waals surface area contributed by atoms with Gasteiger partial charge in [-0.1, -0.05) is 12.8 Å². The molecule has 4 rings (SSSR count). The van der Waals surface area contributed by atoms with Gasteiger partial charge in [-0.15, -0.1) is 0 Å². The summed E-state index contributed by atoms with van der Waals surface area (Å²) in [5, 5.41) is -0.0675. The molecule has 0 unspecified atom stereocenters. The molecule has 30 heavy (non-hydrogen) atoms. The zero-order valence-electron chi connectivity index (χ0n) is 16.9. The van der Waals surface area contributed by atoms with Gasteiger partial charge in [0.2, 0.25) is 11.2 Å². The van der Waals surface area contributed by atoms with Crippen LogP contribution in [0.5, 0.6) is 0 Å². The summed E-state index contributed by atoms with van der Waals surface area (Å²) in [7, 11) is -0.329. The van der Waals surface area contributed by atoms with Gasteiger partial charge in [-0.05, 0) is 30.9 Å². The third-order valence-electron chi connectivity index (χ3n) is 6.20. The summed E-state index contributed by atoms with van der Waals surface area (Å²) in [6.45, 7) is -0.240. The summed E-state index contributed by atoms with van der Waals surface area (Å²) >= 11 is 6.25. The second-order valence-corrected chi connectivity index (χ2v) is 10.7. The van der Waals surface area contributed by atoms with Crippen molar-refractivity contribution in [3.8, 4) is 0 Å². The Hall–Kier alpha value is -2.14. The largest absolute Gasteiger partial charge is 0.334 e. The lowest BCUT2D eigenvalue weighted by Gasteiger charge is -2.34. The van der Waals surface area contributed by atoms with Crippen molar-refractivity contribution in [1.82, 2.24) is 23.6 Å². The molecule has 164 valence electrons. The van der Waals surface area contributed by atoms with E-state index in [-0.39, 0.29) is 52.5 Å². The molecule has 0 N–H and O–H groups in total. The lowest BCUT2D eigenvalue weighted by molar-refractivity contribution is -0.136. The number of carbonyl (C=O) groups is 1. The predicted octanol–water partition coefficient (Wildman–Crippen LogP) is 0.0454. The van der Waals surface area contributed by atoms with Crippen LogP contribution in [0.1, 0.15) is 32.1 Å². The lowest BCUT2D eigenvalue weighted by Crippen LogP contribution is -2.48. The summed E-state index contributed by atoms with van der Waals surface area (Å²) in [6.07, 6.45) is 4.06. The first-order valence-electron chi connectivity index (χ1n) is 9.94. The number of halogens is 1. The zero-order chi connectivity index (χ0) is 21.8. The van der Waals surface area contributed by atoms with Crippen LogP contribution in [0.15, 0.2) is 9.59 Å². The van der Waals surface area contributed by atoms with Gasteiger partial charge in [0, 0.05) is 26.2 Å². The van der Waals surface area contributed by atoms with Crippen LogP contribution >= 0.6 is 11.6 Å².